The second-order valence-electron chi connectivity index (χ2n) is 4.42. The van der Waals surface area contributed by atoms with Gasteiger partial charge in [0.25, 0.3) is 0 Å². The molecule has 0 aliphatic heterocycles. The summed E-state index contributed by atoms with van der Waals surface area (Å²) in [7, 11) is 0. The van der Waals surface area contributed by atoms with Crippen LogP contribution in [0.25, 0.3) is 11.0 Å². The Hall–Kier alpha value is -1.50. The van der Waals surface area contributed by atoms with Gasteiger partial charge in [-0.3, -0.25) is 0 Å². The largest absolute Gasteiger partial charge is 0.337 e. The summed E-state index contributed by atoms with van der Waals surface area (Å²) in [5, 5.41) is 4.13. The van der Waals surface area contributed by atoms with E-state index in [4.69, 9.17) is 23.2 Å². The van der Waals surface area contributed by atoms with Gasteiger partial charge in [0.2, 0.25) is 0 Å². The lowest BCUT2D eigenvalue weighted by Gasteiger charge is -2.09. The number of halogens is 2. The predicted molar refractivity (Wildman–Crippen MR) is 86.7 cm³/mol. The van der Waals surface area contributed by atoms with E-state index < -0.39 is 0 Å². The molecule has 21 heavy (non-hydrogen) atoms. The smallest absolute Gasteiger partial charge is 0.135 e. The molecular weight excluding hydrogens is 329 g/mol. The number of nitrogens with zero attached hydrogens (tertiary/aromatic N) is 4. The summed E-state index contributed by atoms with van der Waals surface area (Å²) >= 11 is 13.4. The molecule has 0 aliphatic carbocycles. The summed E-state index contributed by atoms with van der Waals surface area (Å²) in [6.07, 6.45) is 1.72. The Balaban J connectivity index is 2.02. The quantitative estimate of drug-likeness (QED) is 0.709. The average Bonchev–Trinajstić information content (AvgIpc) is 2.90. The molecule has 2 aromatic heterocycles. The highest BCUT2D eigenvalue weighted by Crippen LogP contribution is 2.32. The second kappa shape index (κ2) is 6.09. The van der Waals surface area contributed by atoms with Crippen molar-refractivity contribution in [3.05, 3.63) is 34.2 Å². The van der Waals surface area contributed by atoms with Crippen LogP contribution in [0.1, 0.15) is 19.2 Å². The van der Waals surface area contributed by atoms with Crippen LogP contribution in [0.5, 0.6) is 0 Å². The molecule has 0 bridgehead atoms. The van der Waals surface area contributed by atoms with Gasteiger partial charge in [0.15, 0.2) is 0 Å². The van der Waals surface area contributed by atoms with Gasteiger partial charge in [0.05, 0.1) is 22.4 Å². The zero-order valence-corrected chi connectivity index (χ0v) is 13.4. The first-order valence-corrected chi connectivity index (χ1v) is 7.87. The Morgan fingerprint density at radius 2 is 2.05 bits per heavy atom. The van der Waals surface area contributed by atoms with E-state index in [-0.39, 0.29) is 0 Å². The van der Waals surface area contributed by atoms with Gasteiger partial charge in [-0.2, -0.15) is 8.75 Å². The number of rotatable bonds is 4. The van der Waals surface area contributed by atoms with Crippen molar-refractivity contribution in [2.75, 3.05) is 5.32 Å². The molecule has 8 heteroatoms. The molecule has 1 N–H and O–H groups in total. The van der Waals surface area contributed by atoms with Crippen molar-refractivity contribution in [2.24, 2.45) is 0 Å². The topological polar surface area (TPSA) is 63.6 Å². The fraction of sp³-hybridized carbons (Fsp3) is 0.231. The predicted octanol–water partition coefficient (Wildman–Crippen LogP) is 4.48. The number of hydrogen-bond acceptors (Lipinski definition) is 6. The lowest BCUT2D eigenvalue weighted by Crippen LogP contribution is -2.01. The third kappa shape index (κ3) is 3.07. The van der Waals surface area contributed by atoms with Gasteiger partial charge in [-0.05, 0) is 18.6 Å². The highest BCUT2D eigenvalue weighted by atomic mass is 35.5. The van der Waals surface area contributed by atoms with E-state index in [9.17, 15) is 0 Å². The minimum atomic E-state index is 0.399. The third-order valence-electron chi connectivity index (χ3n) is 2.84. The normalized spacial score (nSPS) is 11.0. The van der Waals surface area contributed by atoms with Crippen LogP contribution < -0.4 is 5.32 Å². The van der Waals surface area contributed by atoms with E-state index in [2.05, 4.69) is 31.0 Å². The molecule has 1 aromatic carbocycles. The number of aryl methyl sites for hydroxylation is 1. The van der Waals surface area contributed by atoms with Gasteiger partial charge in [0.1, 0.15) is 27.8 Å². The highest BCUT2D eigenvalue weighted by Gasteiger charge is 2.12. The molecule has 0 radical (unpaired) electrons. The van der Waals surface area contributed by atoms with E-state index >= 15 is 0 Å². The van der Waals surface area contributed by atoms with Gasteiger partial charge in [-0.1, -0.05) is 30.1 Å². The van der Waals surface area contributed by atoms with Gasteiger partial charge in [-0.15, -0.1) is 0 Å². The Bertz CT molecular complexity index is 789. The number of benzene rings is 1. The van der Waals surface area contributed by atoms with Crippen molar-refractivity contribution in [3.8, 4) is 0 Å². The summed E-state index contributed by atoms with van der Waals surface area (Å²) in [5.41, 5.74) is 2.19. The maximum atomic E-state index is 6.25. The van der Waals surface area contributed by atoms with E-state index in [1.54, 1.807) is 12.1 Å². The Labute approximate surface area is 135 Å². The van der Waals surface area contributed by atoms with Gasteiger partial charge >= 0.3 is 0 Å². The molecule has 0 amide bonds. The number of anilines is 2. The maximum Gasteiger partial charge on any atom is 0.135 e. The third-order valence-corrected chi connectivity index (χ3v) is 3.90. The van der Waals surface area contributed by atoms with Crippen LogP contribution in [-0.2, 0) is 6.42 Å². The summed E-state index contributed by atoms with van der Waals surface area (Å²) in [6, 6.07) is 5.28. The zero-order valence-electron chi connectivity index (χ0n) is 11.1. The van der Waals surface area contributed by atoms with Crippen LogP contribution in [0, 0.1) is 0 Å². The molecular formula is C13H11Cl2N5S. The summed E-state index contributed by atoms with van der Waals surface area (Å²) in [5.74, 6) is 1.30. The maximum absolute atomic E-state index is 6.25. The van der Waals surface area contributed by atoms with Crippen LogP contribution in [0.3, 0.4) is 0 Å². The average molecular weight is 340 g/mol. The lowest BCUT2D eigenvalue weighted by molar-refractivity contribution is 0.837. The van der Waals surface area contributed by atoms with Crippen LogP contribution in [0.2, 0.25) is 10.2 Å². The van der Waals surface area contributed by atoms with E-state index in [1.165, 1.54) is 0 Å². The van der Waals surface area contributed by atoms with Crippen molar-refractivity contribution in [1.29, 1.82) is 0 Å². The number of hydrogen-bond donors (Lipinski definition) is 1. The molecule has 0 saturated carbocycles. The molecule has 0 saturated heterocycles. The first-order chi connectivity index (χ1) is 10.2. The van der Waals surface area contributed by atoms with E-state index in [1.807, 2.05) is 6.07 Å². The van der Waals surface area contributed by atoms with Crippen molar-refractivity contribution >= 4 is 57.5 Å². The van der Waals surface area contributed by atoms with Crippen molar-refractivity contribution in [1.82, 2.24) is 18.7 Å². The van der Waals surface area contributed by atoms with Gasteiger partial charge < -0.3 is 5.32 Å². The first kappa shape index (κ1) is 14.4. The van der Waals surface area contributed by atoms with Crippen molar-refractivity contribution in [2.45, 2.75) is 19.8 Å². The number of aromatic nitrogens is 4. The SMILES string of the molecule is CCCc1nc(Cl)cc(Nc2c(Cl)ccc3nsnc23)n1. The second-order valence-corrected chi connectivity index (χ2v) is 5.74. The molecule has 5 nitrogen and oxygen atoms in total. The van der Waals surface area contributed by atoms with E-state index in [0.29, 0.717) is 27.5 Å². The fourth-order valence-corrected chi connectivity index (χ4v) is 2.88. The standard InChI is InChI=1S/C13H11Cl2N5S/c1-2-3-10-16-9(15)6-11(17-10)18-12-7(14)4-5-8-13(12)20-21-19-8/h4-6H,2-3H2,1H3,(H,16,17,18). The molecule has 2 heterocycles. The molecule has 0 unspecified atom stereocenters. The molecule has 3 aromatic rings. The molecule has 3 rings (SSSR count). The van der Waals surface area contributed by atoms with Gasteiger partial charge in [0, 0.05) is 12.5 Å². The molecule has 0 atom stereocenters. The summed E-state index contributed by atoms with van der Waals surface area (Å²) in [4.78, 5) is 8.64. The molecule has 108 valence electrons. The summed E-state index contributed by atoms with van der Waals surface area (Å²) in [6.45, 7) is 2.07. The fourth-order valence-electron chi connectivity index (χ4n) is 1.94. The Kier molecular flexibility index (Phi) is 4.19. The Morgan fingerprint density at radius 3 is 2.86 bits per heavy atom. The van der Waals surface area contributed by atoms with Crippen LogP contribution in [0.4, 0.5) is 11.5 Å². The molecule has 0 fully saturated rings. The van der Waals surface area contributed by atoms with Crippen LogP contribution in [0.15, 0.2) is 18.2 Å². The summed E-state index contributed by atoms with van der Waals surface area (Å²) < 4.78 is 8.46. The number of nitrogens with one attached hydrogen (secondary N) is 1. The highest BCUT2D eigenvalue weighted by molar-refractivity contribution is 7.00. The minimum Gasteiger partial charge on any atom is -0.337 e. The molecule has 0 spiro atoms. The lowest BCUT2D eigenvalue weighted by atomic mass is 10.2. The Morgan fingerprint density at radius 1 is 1.19 bits per heavy atom. The van der Waals surface area contributed by atoms with Crippen LogP contribution >= 0.6 is 34.9 Å². The monoisotopic (exact) mass is 339 g/mol. The van der Waals surface area contributed by atoms with E-state index in [0.717, 1.165) is 35.6 Å². The van der Waals surface area contributed by atoms with Crippen molar-refractivity contribution in [3.63, 3.8) is 0 Å². The zero-order chi connectivity index (χ0) is 14.8. The molecule has 0 aliphatic rings. The number of fused-ring (bicyclic) bond motifs is 1. The minimum absolute atomic E-state index is 0.399. The van der Waals surface area contributed by atoms with Gasteiger partial charge in [-0.25, -0.2) is 9.97 Å². The van der Waals surface area contributed by atoms with Crippen LogP contribution in [-0.4, -0.2) is 18.7 Å². The van der Waals surface area contributed by atoms with Crippen molar-refractivity contribution < 1.29 is 0 Å². The first-order valence-electron chi connectivity index (χ1n) is 6.38.